The smallest absolute Gasteiger partial charge is 0.340 e. The standard InChI is InChI=1S/C8H13N5O/c1-12-2-4-13(5-3-12)7-9-6-10-8(14)11-7/h6H,2-5H2,1H3,(H,9,10,11,14). The molecule has 1 aliphatic heterocycles. The first kappa shape index (κ1) is 9.14. The van der Waals surface area contributed by atoms with Crippen LogP contribution in [0.1, 0.15) is 0 Å². The number of hydrogen-bond acceptors (Lipinski definition) is 5. The summed E-state index contributed by atoms with van der Waals surface area (Å²) in [6.07, 6.45) is 1.30. The summed E-state index contributed by atoms with van der Waals surface area (Å²) in [6.45, 7) is 3.77. The molecular formula is C8H13N5O. The van der Waals surface area contributed by atoms with E-state index in [4.69, 9.17) is 0 Å². The number of piperazine rings is 1. The summed E-state index contributed by atoms with van der Waals surface area (Å²) in [5.74, 6) is 0.623. The monoisotopic (exact) mass is 195 g/mol. The highest BCUT2D eigenvalue weighted by Gasteiger charge is 2.15. The van der Waals surface area contributed by atoms with Gasteiger partial charge in [-0.25, -0.2) is 9.78 Å². The summed E-state index contributed by atoms with van der Waals surface area (Å²) < 4.78 is 0. The van der Waals surface area contributed by atoms with E-state index in [1.54, 1.807) is 0 Å². The van der Waals surface area contributed by atoms with Gasteiger partial charge < -0.3 is 9.80 Å². The summed E-state index contributed by atoms with van der Waals surface area (Å²) in [5.41, 5.74) is -0.339. The molecule has 0 amide bonds. The van der Waals surface area contributed by atoms with E-state index in [2.05, 4.69) is 31.8 Å². The summed E-state index contributed by atoms with van der Waals surface area (Å²) in [7, 11) is 2.08. The predicted octanol–water partition coefficient (Wildman–Crippen LogP) is -1.08. The van der Waals surface area contributed by atoms with Crippen LogP contribution < -0.4 is 10.6 Å². The van der Waals surface area contributed by atoms with Gasteiger partial charge in [0.2, 0.25) is 5.95 Å². The Hall–Kier alpha value is -1.43. The minimum Gasteiger partial charge on any atom is -0.340 e. The Bertz CT molecular complexity index is 355. The van der Waals surface area contributed by atoms with Crippen molar-refractivity contribution in [3.63, 3.8) is 0 Å². The highest BCUT2D eigenvalue weighted by atomic mass is 16.1. The zero-order chi connectivity index (χ0) is 9.97. The zero-order valence-electron chi connectivity index (χ0n) is 8.10. The van der Waals surface area contributed by atoms with Crippen LogP contribution in [-0.2, 0) is 0 Å². The lowest BCUT2D eigenvalue weighted by molar-refractivity contribution is 0.311. The molecular weight excluding hydrogens is 182 g/mol. The minimum atomic E-state index is -0.339. The van der Waals surface area contributed by atoms with E-state index in [1.165, 1.54) is 6.33 Å². The fourth-order valence-electron chi connectivity index (χ4n) is 1.48. The molecule has 0 radical (unpaired) electrons. The van der Waals surface area contributed by atoms with Crippen LogP contribution in [0.5, 0.6) is 0 Å². The molecule has 1 aromatic heterocycles. The predicted molar refractivity (Wildman–Crippen MR) is 52.4 cm³/mol. The maximum absolute atomic E-state index is 11.0. The summed E-state index contributed by atoms with van der Waals surface area (Å²) in [4.78, 5) is 25.4. The van der Waals surface area contributed by atoms with Gasteiger partial charge in [-0.15, -0.1) is 0 Å². The van der Waals surface area contributed by atoms with Gasteiger partial charge in [0, 0.05) is 26.2 Å². The number of H-pyrrole nitrogens is 1. The van der Waals surface area contributed by atoms with Crippen molar-refractivity contribution in [1.82, 2.24) is 19.9 Å². The lowest BCUT2D eigenvalue weighted by Gasteiger charge is -2.32. The van der Waals surface area contributed by atoms with Crippen LogP contribution in [0.3, 0.4) is 0 Å². The molecule has 2 rings (SSSR count). The molecule has 0 bridgehead atoms. The second-order valence-corrected chi connectivity index (χ2v) is 3.42. The van der Waals surface area contributed by atoms with Gasteiger partial charge in [0.05, 0.1) is 0 Å². The topological polar surface area (TPSA) is 65.1 Å². The van der Waals surface area contributed by atoms with Crippen molar-refractivity contribution >= 4 is 5.95 Å². The summed E-state index contributed by atoms with van der Waals surface area (Å²) >= 11 is 0. The summed E-state index contributed by atoms with van der Waals surface area (Å²) in [5, 5.41) is 0. The van der Waals surface area contributed by atoms with Gasteiger partial charge in [-0.1, -0.05) is 0 Å². The number of anilines is 1. The van der Waals surface area contributed by atoms with Crippen molar-refractivity contribution in [2.75, 3.05) is 38.1 Å². The number of nitrogens with zero attached hydrogens (tertiary/aromatic N) is 4. The third kappa shape index (κ3) is 1.90. The summed E-state index contributed by atoms with van der Waals surface area (Å²) in [6, 6.07) is 0. The van der Waals surface area contributed by atoms with Crippen LogP contribution in [-0.4, -0.2) is 53.1 Å². The van der Waals surface area contributed by atoms with Gasteiger partial charge in [0.1, 0.15) is 6.33 Å². The molecule has 0 aliphatic carbocycles. The Morgan fingerprint density at radius 3 is 2.64 bits per heavy atom. The molecule has 1 aromatic rings. The average Bonchev–Trinajstić information content (AvgIpc) is 2.19. The van der Waals surface area contributed by atoms with Crippen molar-refractivity contribution in [1.29, 1.82) is 0 Å². The molecule has 0 saturated carbocycles. The van der Waals surface area contributed by atoms with Gasteiger partial charge in [0.25, 0.3) is 0 Å². The van der Waals surface area contributed by atoms with Crippen molar-refractivity contribution in [3.05, 3.63) is 16.8 Å². The number of aromatic amines is 1. The molecule has 76 valence electrons. The molecule has 6 heteroatoms. The van der Waals surface area contributed by atoms with E-state index in [0.29, 0.717) is 5.95 Å². The highest BCUT2D eigenvalue weighted by molar-refractivity contribution is 5.28. The number of rotatable bonds is 1. The third-order valence-corrected chi connectivity index (χ3v) is 2.38. The number of aromatic nitrogens is 3. The molecule has 2 heterocycles. The molecule has 1 saturated heterocycles. The molecule has 14 heavy (non-hydrogen) atoms. The molecule has 0 atom stereocenters. The van der Waals surface area contributed by atoms with E-state index in [-0.39, 0.29) is 5.69 Å². The fourth-order valence-corrected chi connectivity index (χ4v) is 1.48. The van der Waals surface area contributed by atoms with E-state index >= 15 is 0 Å². The number of likely N-dealkylation sites (N-methyl/N-ethyl adjacent to an activating group) is 1. The van der Waals surface area contributed by atoms with Crippen molar-refractivity contribution in [3.8, 4) is 0 Å². The molecule has 6 nitrogen and oxygen atoms in total. The Kier molecular flexibility index (Phi) is 2.45. The maximum Gasteiger partial charge on any atom is 0.349 e. The van der Waals surface area contributed by atoms with Crippen LogP contribution in [0.2, 0.25) is 0 Å². The Balaban J connectivity index is 2.12. The largest absolute Gasteiger partial charge is 0.349 e. The van der Waals surface area contributed by atoms with E-state index < -0.39 is 0 Å². The molecule has 1 aliphatic rings. The van der Waals surface area contributed by atoms with Gasteiger partial charge in [-0.3, -0.25) is 4.98 Å². The van der Waals surface area contributed by atoms with Gasteiger partial charge in [-0.05, 0) is 7.05 Å². The van der Waals surface area contributed by atoms with E-state index in [9.17, 15) is 4.79 Å². The first-order valence-electron chi connectivity index (χ1n) is 4.60. The van der Waals surface area contributed by atoms with Crippen LogP contribution in [0.15, 0.2) is 11.1 Å². The van der Waals surface area contributed by atoms with Gasteiger partial charge in [0.15, 0.2) is 0 Å². The third-order valence-electron chi connectivity index (χ3n) is 2.38. The quantitative estimate of drug-likeness (QED) is 0.617. The Labute approximate surface area is 81.6 Å². The van der Waals surface area contributed by atoms with Gasteiger partial charge >= 0.3 is 5.69 Å². The van der Waals surface area contributed by atoms with Crippen molar-refractivity contribution in [2.45, 2.75) is 0 Å². The van der Waals surface area contributed by atoms with Crippen LogP contribution in [0, 0.1) is 0 Å². The first-order valence-corrected chi connectivity index (χ1v) is 4.60. The Morgan fingerprint density at radius 1 is 1.29 bits per heavy atom. The lowest BCUT2D eigenvalue weighted by atomic mass is 10.3. The maximum atomic E-state index is 11.0. The zero-order valence-corrected chi connectivity index (χ0v) is 8.10. The molecule has 0 aromatic carbocycles. The normalized spacial score (nSPS) is 18.5. The van der Waals surface area contributed by atoms with Crippen molar-refractivity contribution in [2.24, 2.45) is 0 Å². The highest BCUT2D eigenvalue weighted by Crippen LogP contribution is 2.06. The Morgan fingerprint density at radius 2 is 2.00 bits per heavy atom. The molecule has 1 fully saturated rings. The second kappa shape index (κ2) is 3.75. The van der Waals surface area contributed by atoms with Crippen LogP contribution in [0.25, 0.3) is 0 Å². The van der Waals surface area contributed by atoms with E-state index in [0.717, 1.165) is 26.2 Å². The number of hydrogen-bond donors (Lipinski definition) is 1. The van der Waals surface area contributed by atoms with E-state index in [1.807, 2.05) is 0 Å². The lowest BCUT2D eigenvalue weighted by Crippen LogP contribution is -2.45. The number of nitrogens with one attached hydrogen (secondary N) is 1. The van der Waals surface area contributed by atoms with Gasteiger partial charge in [-0.2, -0.15) is 4.98 Å². The fraction of sp³-hybridized carbons (Fsp3) is 0.625. The molecule has 1 N–H and O–H groups in total. The average molecular weight is 195 g/mol. The second-order valence-electron chi connectivity index (χ2n) is 3.42. The minimum absolute atomic E-state index is 0.339. The van der Waals surface area contributed by atoms with Crippen molar-refractivity contribution < 1.29 is 0 Å². The SMILES string of the molecule is CN1CCN(c2ncnc(=O)[nH]2)CC1. The van der Waals surface area contributed by atoms with Crippen LogP contribution in [0.4, 0.5) is 5.95 Å². The van der Waals surface area contributed by atoms with Crippen LogP contribution >= 0.6 is 0 Å². The molecule has 0 spiro atoms. The first-order chi connectivity index (χ1) is 6.75. The molecule has 0 unspecified atom stereocenters.